The molecule has 10 nitrogen and oxygen atoms in total. The van der Waals surface area contributed by atoms with Gasteiger partial charge in [-0.3, -0.25) is 4.79 Å². The van der Waals surface area contributed by atoms with Crippen molar-refractivity contribution >= 4 is 11.9 Å². The van der Waals surface area contributed by atoms with E-state index >= 15 is 0 Å². The van der Waals surface area contributed by atoms with E-state index in [1.54, 1.807) is 0 Å². The summed E-state index contributed by atoms with van der Waals surface area (Å²) in [5, 5.41) is 44.6. The molecule has 12 unspecified atom stereocenters. The van der Waals surface area contributed by atoms with Crippen LogP contribution < -0.4 is 17.4 Å². The maximum absolute atomic E-state index is 12.1. The smallest absolute Gasteiger partial charge is 0.284 e. The molecule has 0 heterocycles. The second-order valence-electron chi connectivity index (χ2n) is 12.1. The van der Waals surface area contributed by atoms with Crippen molar-refractivity contribution in [2.75, 3.05) is 6.54 Å². The van der Waals surface area contributed by atoms with Gasteiger partial charge in [0, 0.05) is 17.8 Å². The molecule has 12 N–H and O–H groups in total. The maximum Gasteiger partial charge on any atom is 0.284 e. The van der Waals surface area contributed by atoms with E-state index in [4.69, 9.17) is 10.5 Å². The van der Waals surface area contributed by atoms with E-state index in [1.807, 2.05) is 0 Å². The first-order valence-corrected chi connectivity index (χ1v) is 13.0. The minimum atomic E-state index is -1.05. The zero-order chi connectivity index (χ0) is 25.0. The topological polar surface area (TPSA) is 224 Å². The molecule has 0 radical (unpaired) electrons. The number of nitrogens with one attached hydrogen (secondary N) is 1. The lowest BCUT2D eigenvalue weighted by Crippen LogP contribution is -2.66. The van der Waals surface area contributed by atoms with Crippen molar-refractivity contribution in [1.82, 2.24) is 12.3 Å². The molecular formula is C26H49N3O7. The fraction of sp³-hybridized carbons (Fsp3) is 0.923. The quantitative estimate of drug-likeness (QED) is 0.332. The van der Waals surface area contributed by atoms with Crippen LogP contribution in [0.4, 0.5) is 0 Å². The van der Waals surface area contributed by atoms with E-state index in [0.29, 0.717) is 32.1 Å². The first-order valence-electron chi connectivity index (χ1n) is 13.0. The first-order chi connectivity index (χ1) is 15.9. The monoisotopic (exact) mass is 515 g/mol. The number of quaternary nitrogens is 2. The fourth-order valence-corrected chi connectivity index (χ4v) is 9.10. The van der Waals surface area contributed by atoms with Crippen molar-refractivity contribution in [3.05, 3.63) is 5.73 Å². The maximum atomic E-state index is 12.1. The average Bonchev–Trinajstić information content (AvgIpc) is 3.13. The zero-order valence-electron chi connectivity index (χ0n) is 22.6. The first kappa shape index (κ1) is 30.9. The van der Waals surface area contributed by atoms with Crippen LogP contribution in [-0.2, 0) is 14.3 Å². The second kappa shape index (κ2) is 11.2. The molecule has 0 spiro atoms. The van der Waals surface area contributed by atoms with E-state index in [2.05, 4.69) is 20.8 Å². The van der Waals surface area contributed by atoms with Gasteiger partial charge in [0.2, 0.25) is 0 Å². The summed E-state index contributed by atoms with van der Waals surface area (Å²) in [7, 11) is 0. The molecule has 210 valence electrons. The van der Waals surface area contributed by atoms with Crippen molar-refractivity contribution in [1.29, 1.82) is 0 Å². The number of esters is 1. The SMILES string of the molecule is CC(CCC(=O)[O-])C1CCC2C3C(O)CC4CC(O)CC(OC(=O)C[NH-])C4(C)C3CC(O)C12C.[NH4+].[NH4+]. The third-order valence-corrected chi connectivity index (χ3v) is 10.8. The summed E-state index contributed by atoms with van der Waals surface area (Å²) in [6.45, 7) is 5.81. The Hall–Kier alpha value is -1.30. The van der Waals surface area contributed by atoms with Gasteiger partial charge in [0.25, 0.3) is 5.97 Å². The number of fused-ring (bicyclic) bond motifs is 5. The van der Waals surface area contributed by atoms with Crippen molar-refractivity contribution in [3.8, 4) is 0 Å². The minimum Gasteiger partial charge on any atom is -0.668 e. The Labute approximate surface area is 214 Å². The Balaban J connectivity index is 0.00000228. The number of hydrogen-bond donors (Lipinski definition) is 5. The van der Waals surface area contributed by atoms with Crippen LogP contribution in [0.2, 0.25) is 0 Å². The lowest BCUT2D eigenvalue weighted by molar-refractivity contribution is -0.306. The Morgan fingerprint density at radius 3 is 2.31 bits per heavy atom. The molecular weight excluding hydrogens is 466 g/mol. The molecule has 4 rings (SSSR count). The summed E-state index contributed by atoms with van der Waals surface area (Å²) in [6, 6.07) is 0. The molecule has 4 aliphatic carbocycles. The number of hydrogen-bond acceptors (Lipinski definition) is 7. The summed E-state index contributed by atoms with van der Waals surface area (Å²) in [5.74, 6) is -1.44. The van der Waals surface area contributed by atoms with Gasteiger partial charge >= 0.3 is 0 Å². The predicted octanol–water partition coefficient (Wildman–Crippen LogP) is 2.44. The van der Waals surface area contributed by atoms with Crippen LogP contribution in [0.25, 0.3) is 5.73 Å². The number of rotatable bonds is 6. The zero-order valence-corrected chi connectivity index (χ0v) is 22.6. The largest absolute Gasteiger partial charge is 0.668 e. The Kier molecular flexibility index (Phi) is 9.63. The number of aliphatic hydroxyl groups is 3. The number of carbonyl (C=O) groups excluding carboxylic acids is 2. The van der Waals surface area contributed by atoms with Crippen molar-refractivity contribution in [2.45, 2.75) is 96.6 Å². The Bertz CT molecular complexity index is 799. The van der Waals surface area contributed by atoms with E-state index in [-0.39, 0.29) is 54.2 Å². The Morgan fingerprint density at radius 2 is 1.69 bits per heavy atom. The second-order valence-corrected chi connectivity index (χ2v) is 12.1. The number of aliphatic carboxylic acids is 1. The van der Waals surface area contributed by atoms with Gasteiger partial charge in [-0.1, -0.05) is 20.8 Å². The summed E-state index contributed by atoms with van der Waals surface area (Å²) in [6.07, 6.45) is 1.80. The predicted molar refractivity (Wildman–Crippen MR) is 134 cm³/mol. The molecule has 4 saturated carbocycles. The molecule has 0 aromatic carbocycles. The van der Waals surface area contributed by atoms with E-state index in [0.717, 1.165) is 12.8 Å². The van der Waals surface area contributed by atoms with Gasteiger partial charge in [-0.2, -0.15) is 0 Å². The average molecular weight is 516 g/mol. The molecule has 0 aliphatic heterocycles. The van der Waals surface area contributed by atoms with E-state index in [1.165, 1.54) is 0 Å². The molecule has 4 aliphatic rings. The van der Waals surface area contributed by atoms with E-state index in [9.17, 15) is 30.0 Å². The van der Waals surface area contributed by atoms with Crippen LogP contribution in [0.1, 0.15) is 72.1 Å². The minimum absolute atomic E-state index is 0. The third kappa shape index (κ3) is 4.80. The van der Waals surface area contributed by atoms with Gasteiger partial charge < -0.3 is 48.0 Å². The van der Waals surface area contributed by atoms with Crippen molar-refractivity contribution in [3.63, 3.8) is 0 Å². The van der Waals surface area contributed by atoms with Crippen LogP contribution in [0.3, 0.4) is 0 Å². The van der Waals surface area contributed by atoms with Crippen molar-refractivity contribution in [2.24, 2.45) is 46.3 Å². The van der Waals surface area contributed by atoms with Crippen LogP contribution >= 0.6 is 0 Å². The highest BCUT2D eigenvalue weighted by molar-refractivity contribution is 5.73. The highest BCUT2D eigenvalue weighted by Crippen LogP contribution is 2.68. The molecule has 36 heavy (non-hydrogen) atoms. The normalized spacial score (nSPS) is 46.1. The third-order valence-electron chi connectivity index (χ3n) is 10.8. The molecule has 0 aromatic rings. The van der Waals surface area contributed by atoms with Crippen LogP contribution in [0.5, 0.6) is 0 Å². The van der Waals surface area contributed by atoms with Gasteiger partial charge in [0.15, 0.2) is 0 Å². The van der Waals surface area contributed by atoms with Crippen LogP contribution in [0, 0.1) is 46.3 Å². The summed E-state index contributed by atoms with van der Waals surface area (Å²) in [5.41, 5.74) is 6.50. The molecule has 4 fully saturated rings. The molecule has 10 heteroatoms. The molecule has 12 atom stereocenters. The molecule has 0 aromatic heterocycles. The standard InChI is InChI=1S/C26H42NO7.2H3N/c1-13(4-7-22(31)32)16-5-6-17-24-18(11-20(30)26(16,17)3)25(2)14(9-19(24)29)8-15(28)10-21(25)34-23(33)12-27;;/h13-21,24,27-30H,4-12H2,1-3H3,(H,31,32);2*1H3/q-1;;/p+1. The number of ether oxygens (including phenoxy) is 1. The van der Waals surface area contributed by atoms with E-state index < -0.39 is 53.7 Å². The van der Waals surface area contributed by atoms with Gasteiger partial charge in [-0.15, -0.1) is 0 Å². The lowest BCUT2D eigenvalue weighted by atomic mass is 9.42. The van der Waals surface area contributed by atoms with Crippen LogP contribution in [0.15, 0.2) is 0 Å². The lowest BCUT2D eigenvalue weighted by Gasteiger charge is -2.64. The molecule has 0 saturated heterocycles. The summed E-state index contributed by atoms with van der Waals surface area (Å²) < 4.78 is 5.74. The molecule has 0 bridgehead atoms. The Morgan fingerprint density at radius 1 is 1.03 bits per heavy atom. The number of carboxylic acids is 1. The fourth-order valence-electron chi connectivity index (χ4n) is 9.10. The highest BCUT2D eigenvalue weighted by Gasteiger charge is 2.67. The summed E-state index contributed by atoms with van der Waals surface area (Å²) in [4.78, 5) is 23.2. The highest BCUT2D eigenvalue weighted by atomic mass is 16.5. The molecule has 0 amide bonds. The number of carboxylic acid groups (broad SMARTS) is 1. The van der Waals surface area contributed by atoms with Gasteiger partial charge in [-0.05, 0) is 92.4 Å². The van der Waals surface area contributed by atoms with Gasteiger partial charge in [-0.25, -0.2) is 0 Å². The summed E-state index contributed by atoms with van der Waals surface area (Å²) >= 11 is 0. The van der Waals surface area contributed by atoms with Gasteiger partial charge in [0.05, 0.1) is 18.3 Å². The van der Waals surface area contributed by atoms with Crippen molar-refractivity contribution < 1.29 is 34.8 Å². The number of carbonyl (C=O) groups is 2. The number of aliphatic hydroxyl groups excluding tert-OH is 3. The van der Waals surface area contributed by atoms with Gasteiger partial charge in [0.1, 0.15) is 6.10 Å². The van der Waals surface area contributed by atoms with Crippen LogP contribution in [-0.4, -0.2) is 58.2 Å².